The van der Waals surface area contributed by atoms with Gasteiger partial charge in [0.25, 0.3) is 0 Å². The van der Waals surface area contributed by atoms with E-state index in [9.17, 15) is 13.6 Å². The van der Waals surface area contributed by atoms with E-state index in [0.29, 0.717) is 22.7 Å². The molecule has 0 unspecified atom stereocenters. The Morgan fingerprint density at radius 2 is 1.83 bits per heavy atom. The molecule has 0 atom stereocenters. The third-order valence-electron chi connectivity index (χ3n) is 3.04. The van der Waals surface area contributed by atoms with Gasteiger partial charge in [0.15, 0.2) is 11.6 Å². The van der Waals surface area contributed by atoms with Gasteiger partial charge in [-0.25, -0.2) is 8.78 Å². The predicted molar refractivity (Wildman–Crippen MR) is 83.6 cm³/mol. The first-order valence-electron chi connectivity index (χ1n) is 6.69. The molecular weight excluding hydrogens is 304 g/mol. The molecule has 120 valence electrons. The molecule has 1 amide bonds. The lowest BCUT2D eigenvalue weighted by atomic mass is 10.2. The number of amides is 1. The first-order chi connectivity index (χ1) is 11.0. The van der Waals surface area contributed by atoms with Gasteiger partial charge in [0.05, 0.1) is 19.9 Å². The molecule has 0 bridgehead atoms. The number of hydrogen-bond acceptors (Lipinski definition) is 3. The zero-order valence-electron chi connectivity index (χ0n) is 12.6. The van der Waals surface area contributed by atoms with Gasteiger partial charge in [-0.05, 0) is 35.9 Å². The second kappa shape index (κ2) is 7.40. The zero-order chi connectivity index (χ0) is 16.8. The largest absolute Gasteiger partial charge is 0.497 e. The molecule has 0 saturated heterocycles. The SMILES string of the molecule is COc1ccc(NC(=O)C=Cc2ccc(F)c(F)c2)c(OC)c1. The van der Waals surface area contributed by atoms with Crippen molar-refractivity contribution in [3.05, 3.63) is 59.7 Å². The minimum atomic E-state index is -0.968. The van der Waals surface area contributed by atoms with Crippen molar-refractivity contribution in [2.45, 2.75) is 0 Å². The third-order valence-corrected chi connectivity index (χ3v) is 3.04. The maximum absolute atomic E-state index is 13.1. The van der Waals surface area contributed by atoms with Crippen molar-refractivity contribution in [2.75, 3.05) is 19.5 Å². The van der Waals surface area contributed by atoms with Gasteiger partial charge in [-0.15, -0.1) is 0 Å². The number of ether oxygens (including phenoxy) is 2. The van der Waals surface area contributed by atoms with E-state index in [1.807, 2.05) is 0 Å². The summed E-state index contributed by atoms with van der Waals surface area (Å²) in [7, 11) is 3.00. The molecule has 0 fully saturated rings. The highest BCUT2D eigenvalue weighted by Gasteiger charge is 2.07. The fourth-order valence-electron chi connectivity index (χ4n) is 1.86. The number of carbonyl (C=O) groups is 1. The highest BCUT2D eigenvalue weighted by molar-refractivity contribution is 6.02. The van der Waals surface area contributed by atoms with Crippen LogP contribution in [0.4, 0.5) is 14.5 Å². The Balaban J connectivity index is 2.10. The Hall–Kier alpha value is -2.89. The molecule has 0 radical (unpaired) electrons. The zero-order valence-corrected chi connectivity index (χ0v) is 12.6. The summed E-state index contributed by atoms with van der Waals surface area (Å²) >= 11 is 0. The molecule has 23 heavy (non-hydrogen) atoms. The van der Waals surface area contributed by atoms with Crippen molar-refractivity contribution < 1.29 is 23.0 Å². The first kappa shape index (κ1) is 16.5. The number of halogens is 2. The van der Waals surface area contributed by atoms with Crippen LogP contribution < -0.4 is 14.8 Å². The summed E-state index contributed by atoms with van der Waals surface area (Å²) in [6.45, 7) is 0. The lowest BCUT2D eigenvalue weighted by Gasteiger charge is -2.10. The van der Waals surface area contributed by atoms with Crippen molar-refractivity contribution >= 4 is 17.7 Å². The molecule has 4 nitrogen and oxygen atoms in total. The number of carbonyl (C=O) groups excluding carboxylic acids is 1. The topological polar surface area (TPSA) is 47.6 Å². The molecule has 0 aliphatic carbocycles. The van der Waals surface area contributed by atoms with Crippen LogP contribution >= 0.6 is 0 Å². The summed E-state index contributed by atoms with van der Waals surface area (Å²) in [6.07, 6.45) is 2.60. The van der Waals surface area contributed by atoms with Crippen molar-refractivity contribution in [3.8, 4) is 11.5 Å². The van der Waals surface area contributed by atoms with E-state index in [-0.39, 0.29) is 0 Å². The standard InChI is InChI=1S/C17H15F2NO3/c1-22-12-5-7-15(16(10-12)23-2)20-17(21)8-4-11-3-6-13(18)14(19)9-11/h3-10H,1-2H3,(H,20,21). The Kier molecular flexibility index (Phi) is 5.30. The van der Waals surface area contributed by atoms with Crippen LogP contribution in [0.25, 0.3) is 6.08 Å². The van der Waals surface area contributed by atoms with E-state index in [1.165, 1.54) is 32.4 Å². The van der Waals surface area contributed by atoms with Crippen LogP contribution in [0.1, 0.15) is 5.56 Å². The van der Waals surface area contributed by atoms with E-state index in [4.69, 9.17) is 9.47 Å². The summed E-state index contributed by atoms with van der Waals surface area (Å²) in [5.41, 5.74) is 0.842. The number of benzene rings is 2. The van der Waals surface area contributed by atoms with Gasteiger partial charge in [0.1, 0.15) is 11.5 Å². The van der Waals surface area contributed by atoms with E-state index < -0.39 is 17.5 Å². The van der Waals surface area contributed by atoms with E-state index >= 15 is 0 Å². The fraction of sp³-hybridized carbons (Fsp3) is 0.118. The van der Waals surface area contributed by atoms with Crippen molar-refractivity contribution in [3.63, 3.8) is 0 Å². The summed E-state index contributed by atoms with van der Waals surface area (Å²) in [6, 6.07) is 8.33. The molecule has 0 aliphatic rings. The van der Waals surface area contributed by atoms with E-state index in [0.717, 1.165) is 12.1 Å². The molecule has 0 saturated carbocycles. The summed E-state index contributed by atoms with van der Waals surface area (Å²) < 4.78 is 36.2. The minimum Gasteiger partial charge on any atom is -0.497 e. The van der Waals surface area contributed by atoms with Gasteiger partial charge < -0.3 is 14.8 Å². The molecule has 2 rings (SSSR count). The molecule has 1 N–H and O–H groups in total. The van der Waals surface area contributed by atoms with Gasteiger partial charge in [0.2, 0.25) is 5.91 Å². The number of rotatable bonds is 5. The second-order valence-corrected chi connectivity index (χ2v) is 4.56. The fourth-order valence-corrected chi connectivity index (χ4v) is 1.86. The summed E-state index contributed by atoms with van der Waals surface area (Å²) in [4.78, 5) is 11.9. The smallest absolute Gasteiger partial charge is 0.248 e. The first-order valence-corrected chi connectivity index (χ1v) is 6.69. The highest BCUT2D eigenvalue weighted by Crippen LogP contribution is 2.28. The third kappa shape index (κ3) is 4.29. The van der Waals surface area contributed by atoms with Crippen LogP contribution in [0, 0.1) is 11.6 Å². The Bertz CT molecular complexity index is 745. The molecule has 0 aromatic heterocycles. The van der Waals surface area contributed by atoms with Gasteiger partial charge in [-0.3, -0.25) is 4.79 Å². The lowest BCUT2D eigenvalue weighted by molar-refractivity contribution is -0.111. The average molecular weight is 319 g/mol. The van der Waals surface area contributed by atoms with Crippen LogP contribution in [0.2, 0.25) is 0 Å². The summed E-state index contributed by atoms with van der Waals surface area (Å²) in [5, 5.41) is 2.63. The number of methoxy groups -OCH3 is 2. The van der Waals surface area contributed by atoms with Crippen molar-refractivity contribution in [1.29, 1.82) is 0 Å². The molecule has 2 aromatic carbocycles. The maximum atomic E-state index is 13.1. The monoisotopic (exact) mass is 319 g/mol. The van der Waals surface area contributed by atoms with Crippen LogP contribution in [-0.2, 0) is 4.79 Å². The molecule has 2 aromatic rings. The predicted octanol–water partition coefficient (Wildman–Crippen LogP) is 3.63. The van der Waals surface area contributed by atoms with E-state index in [2.05, 4.69) is 5.32 Å². The number of nitrogens with one attached hydrogen (secondary N) is 1. The molecule has 0 heterocycles. The minimum absolute atomic E-state index is 0.376. The quantitative estimate of drug-likeness (QED) is 0.856. The van der Waals surface area contributed by atoms with Gasteiger partial charge in [0, 0.05) is 12.1 Å². The molecule has 0 spiro atoms. The van der Waals surface area contributed by atoms with Gasteiger partial charge in [-0.2, -0.15) is 0 Å². The summed E-state index contributed by atoms with van der Waals surface area (Å²) in [5.74, 6) is -1.30. The average Bonchev–Trinajstić information content (AvgIpc) is 2.56. The van der Waals surface area contributed by atoms with Crippen molar-refractivity contribution in [1.82, 2.24) is 0 Å². The normalized spacial score (nSPS) is 10.6. The number of hydrogen-bond donors (Lipinski definition) is 1. The second-order valence-electron chi connectivity index (χ2n) is 4.56. The molecular formula is C17H15F2NO3. The lowest BCUT2D eigenvalue weighted by Crippen LogP contribution is -2.09. The van der Waals surface area contributed by atoms with Crippen LogP contribution in [0.15, 0.2) is 42.5 Å². The Morgan fingerprint density at radius 3 is 2.48 bits per heavy atom. The Morgan fingerprint density at radius 1 is 1.04 bits per heavy atom. The van der Waals surface area contributed by atoms with Gasteiger partial charge in [-0.1, -0.05) is 6.07 Å². The van der Waals surface area contributed by atoms with Crippen LogP contribution in [0.3, 0.4) is 0 Å². The maximum Gasteiger partial charge on any atom is 0.248 e. The van der Waals surface area contributed by atoms with E-state index in [1.54, 1.807) is 18.2 Å². The van der Waals surface area contributed by atoms with Gasteiger partial charge >= 0.3 is 0 Å². The van der Waals surface area contributed by atoms with Crippen LogP contribution in [0.5, 0.6) is 11.5 Å². The highest BCUT2D eigenvalue weighted by atomic mass is 19.2. The Labute approximate surface area is 132 Å². The van der Waals surface area contributed by atoms with Crippen LogP contribution in [-0.4, -0.2) is 20.1 Å². The molecule has 6 heteroatoms. The number of anilines is 1. The molecule has 0 aliphatic heterocycles. The van der Waals surface area contributed by atoms with Crippen molar-refractivity contribution in [2.24, 2.45) is 0 Å².